The van der Waals surface area contributed by atoms with Crippen molar-refractivity contribution in [3.8, 4) is 0 Å². The van der Waals surface area contributed by atoms with Crippen LogP contribution in [0.4, 0.5) is 10.8 Å². The molecular formula is C23H26N4O2S2. The second kappa shape index (κ2) is 9.20. The minimum absolute atomic E-state index is 0.320. The van der Waals surface area contributed by atoms with Gasteiger partial charge in [-0.3, -0.25) is 4.68 Å². The van der Waals surface area contributed by atoms with E-state index in [0.29, 0.717) is 29.0 Å². The first-order valence-corrected chi connectivity index (χ1v) is 11.6. The van der Waals surface area contributed by atoms with Crippen LogP contribution in [-0.4, -0.2) is 28.0 Å². The summed E-state index contributed by atoms with van der Waals surface area (Å²) in [7, 11) is 1.42. The lowest BCUT2D eigenvalue weighted by Crippen LogP contribution is -2.21. The summed E-state index contributed by atoms with van der Waals surface area (Å²) in [5.41, 5.74) is 4.17. The zero-order chi connectivity index (χ0) is 22.0. The minimum atomic E-state index is -0.320. The molecule has 4 rings (SSSR count). The van der Waals surface area contributed by atoms with E-state index in [1.165, 1.54) is 23.1 Å². The molecule has 1 aliphatic rings. The summed E-state index contributed by atoms with van der Waals surface area (Å²) in [6, 6.07) is 10.1. The molecule has 0 saturated carbocycles. The number of benzene rings is 1. The van der Waals surface area contributed by atoms with Crippen LogP contribution in [0, 0.1) is 12.8 Å². The summed E-state index contributed by atoms with van der Waals surface area (Å²) in [4.78, 5) is 13.7. The molecule has 0 bridgehead atoms. The Morgan fingerprint density at radius 1 is 1.32 bits per heavy atom. The molecule has 8 heteroatoms. The summed E-state index contributed by atoms with van der Waals surface area (Å²) in [5, 5.41) is 12.0. The quantitative estimate of drug-likeness (QED) is 0.417. The molecule has 162 valence electrons. The molecule has 2 heterocycles. The molecule has 1 aromatic carbocycles. The minimum Gasteiger partial charge on any atom is -0.465 e. The third kappa shape index (κ3) is 4.80. The number of methoxy groups -OCH3 is 1. The Hall–Kier alpha value is -2.71. The number of hydrogen-bond acceptors (Lipinski definition) is 5. The van der Waals surface area contributed by atoms with Crippen molar-refractivity contribution in [2.24, 2.45) is 5.92 Å². The van der Waals surface area contributed by atoms with Crippen LogP contribution in [0.1, 0.15) is 45.3 Å². The molecule has 31 heavy (non-hydrogen) atoms. The molecular weight excluding hydrogens is 428 g/mol. The van der Waals surface area contributed by atoms with Crippen molar-refractivity contribution in [1.29, 1.82) is 0 Å². The average molecular weight is 455 g/mol. The number of nitrogens with one attached hydrogen (secondary N) is 2. The van der Waals surface area contributed by atoms with Crippen LogP contribution >= 0.6 is 23.6 Å². The van der Waals surface area contributed by atoms with Crippen LogP contribution in [-0.2, 0) is 24.1 Å². The number of thiophene rings is 1. The van der Waals surface area contributed by atoms with Crippen molar-refractivity contribution in [3.63, 3.8) is 0 Å². The molecule has 1 aliphatic carbocycles. The Bertz CT molecular complexity index is 1120. The second-order valence-corrected chi connectivity index (χ2v) is 9.47. The maximum absolute atomic E-state index is 12.5. The fourth-order valence-electron chi connectivity index (χ4n) is 3.89. The third-order valence-electron chi connectivity index (χ3n) is 5.60. The van der Waals surface area contributed by atoms with Crippen molar-refractivity contribution in [2.75, 3.05) is 17.7 Å². The summed E-state index contributed by atoms with van der Waals surface area (Å²) in [6.07, 6.45) is 4.87. The van der Waals surface area contributed by atoms with Gasteiger partial charge >= 0.3 is 5.97 Å². The number of anilines is 2. The first kappa shape index (κ1) is 21.5. The van der Waals surface area contributed by atoms with Gasteiger partial charge in [0.2, 0.25) is 0 Å². The Morgan fingerprint density at radius 3 is 2.90 bits per heavy atom. The van der Waals surface area contributed by atoms with Crippen molar-refractivity contribution in [1.82, 2.24) is 9.78 Å². The van der Waals surface area contributed by atoms with Gasteiger partial charge in [-0.15, -0.1) is 11.3 Å². The van der Waals surface area contributed by atoms with Crippen LogP contribution in [0.3, 0.4) is 0 Å². The summed E-state index contributed by atoms with van der Waals surface area (Å²) in [6.45, 7) is 5.03. The van der Waals surface area contributed by atoms with Crippen LogP contribution in [0.15, 0.2) is 36.5 Å². The molecule has 0 radical (unpaired) electrons. The smallest absolute Gasteiger partial charge is 0.341 e. The van der Waals surface area contributed by atoms with Crippen LogP contribution in [0.2, 0.25) is 0 Å². The van der Waals surface area contributed by atoms with Gasteiger partial charge in [0.1, 0.15) is 5.00 Å². The Balaban J connectivity index is 1.47. The van der Waals surface area contributed by atoms with Crippen LogP contribution in [0.25, 0.3) is 0 Å². The van der Waals surface area contributed by atoms with E-state index in [1.807, 2.05) is 29.1 Å². The molecule has 2 N–H and O–H groups in total. The van der Waals surface area contributed by atoms with E-state index in [4.69, 9.17) is 17.0 Å². The van der Waals surface area contributed by atoms with Gasteiger partial charge in [-0.25, -0.2) is 4.79 Å². The molecule has 0 saturated heterocycles. The largest absolute Gasteiger partial charge is 0.465 e. The van der Waals surface area contributed by atoms with Crippen LogP contribution in [0.5, 0.6) is 0 Å². The number of rotatable bonds is 5. The van der Waals surface area contributed by atoms with Gasteiger partial charge in [0.25, 0.3) is 0 Å². The van der Waals surface area contributed by atoms with E-state index < -0.39 is 0 Å². The number of hydrogen-bond donors (Lipinski definition) is 2. The van der Waals surface area contributed by atoms with E-state index in [9.17, 15) is 4.79 Å². The monoisotopic (exact) mass is 454 g/mol. The van der Waals surface area contributed by atoms with Gasteiger partial charge in [-0.1, -0.05) is 31.2 Å². The lowest BCUT2D eigenvalue weighted by molar-refractivity contribution is 0.0601. The number of aryl methyl sites for hydroxylation is 1. The molecule has 0 amide bonds. The number of fused-ring (bicyclic) bond motifs is 1. The Labute approximate surface area is 191 Å². The van der Waals surface area contributed by atoms with E-state index >= 15 is 0 Å². The number of carbonyl (C=O) groups is 1. The molecule has 0 aliphatic heterocycles. The first-order valence-electron chi connectivity index (χ1n) is 10.3. The van der Waals surface area contributed by atoms with E-state index in [-0.39, 0.29) is 5.97 Å². The highest BCUT2D eigenvalue weighted by atomic mass is 32.1. The maximum atomic E-state index is 12.5. The fraction of sp³-hybridized carbons (Fsp3) is 0.348. The summed E-state index contributed by atoms with van der Waals surface area (Å²) < 4.78 is 6.92. The second-order valence-electron chi connectivity index (χ2n) is 7.95. The predicted octanol–water partition coefficient (Wildman–Crippen LogP) is 5.02. The topological polar surface area (TPSA) is 68.2 Å². The lowest BCUT2D eigenvalue weighted by atomic mass is 9.88. The number of ether oxygens (including phenoxy) is 1. The number of thiocarbonyl (C=S) groups is 1. The fourth-order valence-corrected chi connectivity index (χ4v) is 5.56. The highest BCUT2D eigenvalue weighted by Gasteiger charge is 2.28. The summed E-state index contributed by atoms with van der Waals surface area (Å²) in [5.74, 6) is 0.951. The zero-order valence-electron chi connectivity index (χ0n) is 17.9. The van der Waals surface area contributed by atoms with Gasteiger partial charge in [-0.05, 0) is 61.0 Å². The zero-order valence-corrected chi connectivity index (χ0v) is 19.5. The first-order chi connectivity index (χ1) is 14.9. The van der Waals surface area contributed by atoms with Crippen molar-refractivity contribution in [3.05, 3.63) is 63.7 Å². The highest BCUT2D eigenvalue weighted by Crippen LogP contribution is 2.40. The van der Waals surface area contributed by atoms with Gasteiger partial charge in [0.15, 0.2) is 10.9 Å². The molecule has 1 unspecified atom stereocenters. The number of nitrogens with zero attached hydrogens (tertiary/aromatic N) is 2. The maximum Gasteiger partial charge on any atom is 0.341 e. The third-order valence-corrected chi connectivity index (χ3v) is 6.98. The number of aromatic nitrogens is 2. The van der Waals surface area contributed by atoms with Crippen molar-refractivity contribution < 1.29 is 9.53 Å². The van der Waals surface area contributed by atoms with Gasteiger partial charge < -0.3 is 15.4 Å². The number of carbonyl (C=O) groups excluding carboxylic acids is 1. The molecule has 1 atom stereocenters. The molecule has 2 aromatic heterocycles. The lowest BCUT2D eigenvalue weighted by Gasteiger charge is -2.18. The predicted molar refractivity (Wildman–Crippen MR) is 129 cm³/mol. The summed E-state index contributed by atoms with van der Waals surface area (Å²) >= 11 is 7.10. The van der Waals surface area contributed by atoms with Crippen molar-refractivity contribution in [2.45, 2.75) is 39.7 Å². The standard InChI is InChI=1S/C23H26N4O2S2/c1-14-8-9-17-18(12-14)31-21(20(17)22(28)29-3)25-23(30)24-19-10-11-27(26-19)13-16-7-5-4-6-15(16)2/h4-7,10-11,14H,8-9,12-13H2,1-3H3,(H2,24,25,26,30). The highest BCUT2D eigenvalue weighted by molar-refractivity contribution is 7.80. The van der Waals surface area contributed by atoms with E-state index in [2.05, 4.69) is 41.7 Å². The molecule has 0 spiro atoms. The van der Waals surface area contributed by atoms with E-state index in [1.54, 1.807) is 11.3 Å². The Kier molecular flexibility index (Phi) is 6.38. The Morgan fingerprint density at radius 2 is 2.13 bits per heavy atom. The average Bonchev–Trinajstić information content (AvgIpc) is 3.32. The molecule has 6 nitrogen and oxygen atoms in total. The SMILES string of the molecule is COC(=O)c1c(NC(=S)Nc2ccn(Cc3ccccc3C)n2)sc2c1CCC(C)C2. The van der Waals surface area contributed by atoms with Crippen LogP contribution < -0.4 is 10.6 Å². The van der Waals surface area contributed by atoms with Gasteiger partial charge in [0.05, 0.1) is 19.2 Å². The number of esters is 1. The normalized spacial score (nSPS) is 15.3. The molecule has 3 aromatic rings. The van der Waals surface area contributed by atoms with Gasteiger partial charge in [0, 0.05) is 17.1 Å². The van der Waals surface area contributed by atoms with Gasteiger partial charge in [-0.2, -0.15) is 5.10 Å². The van der Waals surface area contributed by atoms with E-state index in [0.717, 1.165) is 29.8 Å². The molecule has 0 fully saturated rings. The van der Waals surface area contributed by atoms with Crippen molar-refractivity contribution >= 4 is 45.5 Å².